The lowest BCUT2D eigenvalue weighted by Gasteiger charge is -2.16. The van der Waals surface area contributed by atoms with Gasteiger partial charge in [0.25, 0.3) is 5.91 Å². The first-order chi connectivity index (χ1) is 13.6. The number of benzene rings is 2. The van der Waals surface area contributed by atoms with Crippen LogP contribution in [0.3, 0.4) is 0 Å². The Bertz CT molecular complexity index is 1000. The number of carbonyl (C=O) groups is 1. The zero-order chi connectivity index (χ0) is 19.5. The molecule has 5 heteroatoms. The second kappa shape index (κ2) is 8.00. The highest BCUT2D eigenvalue weighted by Crippen LogP contribution is 2.35. The van der Waals surface area contributed by atoms with Crippen molar-refractivity contribution in [2.45, 2.75) is 25.8 Å². The largest absolute Gasteiger partial charge is 0.358 e. The van der Waals surface area contributed by atoms with Crippen LogP contribution in [0.4, 0.5) is 0 Å². The summed E-state index contributed by atoms with van der Waals surface area (Å²) in [6.07, 6.45) is 4.17. The first-order valence-electron chi connectivity index (χ1n) is 9.64. The molecule has 1 aromatic heterocycles. The zero-order valence-corrected chi connectivity index (χ0v) is 16.0. The average molecular weight is 375 g/mol. The summed E-state index contributed by atoms with van der Waals surface area (Å²) < 4.78 is 0. The van der Waals surface area contributed by atoms with Gasteiger partial charge in [0, 0.05) is 41.7 Å². The van der Waals surface area contributed by atoms with Crippen molar-refractivity contribution in [2.75, 3.05) is 13.1 Å². The fourth-order valence-corrected chi connectivity index (χ4v) is 4.24. The van der Waals surface area contributed by atoms with Gasteiger partial charge in [0.1, 0.15) is 0 Å². The van der Waals surface area contributed by atoms with Gasteiger partial charge >= 0.3 is 0 Å². The number of carbonyl (C=O) groups excluding carboxylic acids is 1. The Kier molecular flexibility index (Phi) is 5.28. The van der Waals surface area contributed by atoms with E-state index in [0.29, 0.717) is 5.92 Å². The average Bonchev–Trinajstić information content (AvgIpc) is 3.29. The van der Waals surface area contributed by atoms with Crippen LogP contribution in [0.25, 0.3) is 17.0 Å². The van der Waals surface area contributed by atoms with Crippen molar-refractivity contribution in [1.82, 2.24) is 15.4 Å². The number of likely N-dealkylation sites (tertiary alicyclic amines) is 1. The normalized spacial score (nSPS) is 17.6. The van der Waals surface area contributed by atoms with E-state index in [1.165, 1.54) is 40.2 Å². The minimum absolute atomic E-state index is 0.528. The first-order valence-corrected chi connectivity index (χ1v) is 9.64. The van der Waals surface area contributed by atoms with Crippen LogP contribution in [0, 0.1) is 6.92 Å². The number of nitrogens with one attached hydrogen (secondary N) is 2. The molecule has 0 unspecified atom stereocenters. The quantitative estimate of drug-likeness (QED) is 0.359. The van der Waals surface area contributed by atoms with E-state index >= 15 is 0 Å². The summed E-state index contributed by atoms with van der Waals surface area (Å²) in [5.74, 6) is 0.0371. The first kappa shape index (κ1) is 18.5. The highest BCUT2D eigenvalue weighted by atomic mass is 16.5. The Hall–Kier alpha value is -2.89. The molecule has 1 aliphatic heterocycles. The Labute approximate surface area is 164 Å². The minimum atomic E-state index is -0.528. The topological polar surface area (TPSA) is 68.4 Å². The number of hydroxylamine groups is 1. The SMILES string of the molecule is Cc1[nH]c2ccccc2c1[C@@H]1CCN(Cc2ccc(/C=C/C(=O)NO)cc2)C1. The predicted octanol–water partition coefficient (Wildman–Crippen LogP) is 3.98. The van der Waals surface area contributed by atoms with Gasteiger partial charge in [0.2, 0.25) is 0 Å². The minimum Gasteiger partial charge on any atom is -0.358 e. The van der Waals surface area contributed by atoms with E-state index in [-0.39, 0.29) is 0 Å². The second-order valence-corrected chi connectivity index (χ2v) is 7.48. The number of H-pyrrole nitrogens is 1. The van der Waals surface area contributed by atoms with Crippen molar-refractivity contribution in [2.24, 2.45) is 0 Å². The van der Waals surface area contributed by atoms with Crippen LogP contribution in [-0.2, 0) is 11.3 Å². The molecule has 0 radical (unpaired) electrons. The number of aromatic amines is 1. The van der Waals surface area contributed by atoms with Gasteiger partial charge in [0.15, 0.2) is 0 Å². The van der Waals surface area contributed by atoms with Crippen molar-refractivity contribution in [3.05, 3.63) is 77.0 Å². The summed E-state index contributed by atoms with van der Waals surface area (Å²) in [6, 6.07) is 16.8. The van der Waals surface area contributed by atoms with Crippen LogP contribution in [0.1, 0.15) is 34.7 Å². The maximum Gasteiger partial charge on any atom is 0.267 e. The Morgan fingerprint density at radius 2 is 2.04 bits per heavy atom. The number of hydrogen-bond donors (Lipinski definition) is 3. The van der Waals surface area contributed by atoms with Crippen molar-refractivity contribution in [3.63, 3.8) is 0 Å². The Morgan fingerprint density at radius 3 is 2.82 bits per heavy atom. The van der Waals surface area contributed by atoms with Crippen LogP contribution in [0.15, 0.2) is 54.6 Å². The van der Waals surface area contributed by atoms with Gasteiger partial charge < -0.3 is 4.98 Å². The second-order valence-electron chi connectivity index (χ2n) is 7.48. The van der Waals surface area contributed by atoms with Crippen LogP contribution < -0.4 is 5.48 Å². The van der Waals surface area contributed by atoms with Crippen LogP contribution in [-0.4, -0.2) is 34.1 Å². The molecule has 0 aliphatic carbocycles. The highest BCUT2D eigenvalue weighted by molar-refractivity contribution is 5.90. The fourth-order valence-electron chi connectivity index (χ4n) is 4.24. The number of nitrogens with zero attached hydrogens (tertiary/aromatic N) is 1. The lowest BCUT2D eigenvalue weighted by atomic mass is 9.95. The molecule has 28 heavy (non-hydrogen) atoms. The molecule has 5 nitrogen and oxygen atoms in total. The Morgan fingerprint density at radius 1 is 1.25 bits per heavy atom. The summed E-state index contributed by atoms with van der Waals surface area (Å²) in [5, 5.41) is 9.88. The van der Waals surface area contributed by atoms with Crippen LogP contribution in [0.5, 0.6) is 0 Å². The van der Waals surface area contributed by atoms with E-state index in [0.717, 1.165) is 25.2 Å². The molecule has 0 saturated carbocycles. The van der Waals surface area contributed by atoms with E-state index < -0.39 is 5.91 Å². The molecule has 1 amide bonds. The van der Waals surface area contributed by atoms with E-state index in [2.05, 4.69) is 53.2 Å². The smallest absolute Gasteiger partial charge is 0.267 e. The third-order valence-corrected chi connectivity index (χ3v) is 5.55. The molecule has 2 heterocycles. The number of para-hydroxylation sites is 1. The van der Waals surface area contributed by atoms with Gasteiger partial charge in [-0.2, -0.15) is 0 Å². The van der Waals surface area contributed by atoms with Crippen LogP contribution in [0.2, 0.25) is 0 Å². The van der Waals surface area contributed by atoms with Gasteiger partial charge in [-0.25, -0.2) is 5.48 Å². The molecule has 1 atom stereocenters. The van der Waals surface area contributed by atoms with E-state index in [1.54, 1.807) is 11.6 Å². The van der Waals surface area contributed by atoms with Crippen molar-refractivity contribution < 1.29 is 10.0 Å². The van der Waals surface area contributed by atoms with Crippen molar-refractivity contribution in [1.29, 1.82) is 0 Å². The maximum absolute atomic E-state index is 11.1. The summed E-state index contributed by atoms with van der Waals surface area (Å²) in [6.45, 7) is 5.28. The summed E-state index contributed by atoms with van der Waals surface area (Å²) in [4.78, 5) is 17.1. The molecular weight excluding hydrogens is 350 g/mol. The standard InChI is InChI=1S/C23H25N3O2/c1-16-23(20-4-2-3-5-21(20)24-16)19-12-13-26(15-19)14-18-8-6-17(7-9-18)10-11-22(27)25-28/h2-11,19,24,28H,12-15H2,1H3,(H,25,27)/b11-10+/t19-/m1/s1. The summed E-state index contributed by atoms with van der Waals surface area (Å²) in [7, 11) is 0. The van der Waals surface area contributed by atoms with Crippen LogP contribution >= 0.6 is 0 Å². The molecule has 0 bridgehead atoms. The number of aryl methyl sites for hydroxylation is 1. The zero-order valence-electron chi connectivity index (χ0n) is 16.0. The molecule has 4 rings (SSSR count). The molecule has 1 aliphatic rings. The predicted molar refractivity (Wildman–Crippen MR) is 111 cm³/mol. The van der Waals surface area contributed by atoms with E-state index in [4.69, 9.17) is 5.21 Å². The molecule has 0 spiro atoms. The molecule has 144 valence electrons. The molecule has 1 saturated heterocycles. The number of fused-ring (bicyclic) bond motifs is 1. The number of aromatic nitrogens is 1. The van der Waals surface area contributed by atoms with Gasteiger partial charge in [-0.05, 0) is 48.7 Å². The van der Waals surface area contributed by atoms with Crippen molar-refractivity contribution >= 4 is 22.9 Å². The third-order valence-electron chi connectivity index (χ3n) is 5.55. The van der Waals surface area contributed by atoms with E-state index in [1.807, 2.05) is 12.1 Å². The molecule has 2 aromatic carbocycles. The van der Waals surface area contributed by atoms with Gasteiger partial charge in [-0.15, -0.1) is 0 Å². The number of rotatable bonds is 5. The third kappa shape index (κ3) is 3.86. The summed E-state index contributed by atoms with van der Waals surface area (Å²) in [5.41, 5.74) is 7.78. The maximum atomic E-state index is 11.1. The van der Waals surface area contributed by atoms with Gasteiger partial charge in [-0.3, -0.25) is 14.9 Å². The monoisotopic (exact) mass is 375 g/mol. The van der Waals surface area contributed by atoms with Crippen molar-refractivity contribution in [3.8, 4) is 0 Å². The lowest BCUT2D eigenvalue weighted by molar-refractivity contribution is -0.124. The molecule has 3 N–H and O–H groups in total. The lowest BCUT2D eigenvalue weighted by Crippen LogP contribution is -2.19. The molecule has 3 aromatic rings. The highest BCUT2D eigenvalue weighted by Gasteiger charge is 2.27. The molecule has 1 fully saturated rings. The van der Waals surface area contributed by atoms with Gasteiger partial charge in [0.05, 0.1) is 0 Å². The number of hydrogen-bond acceptors (Lipinski definition) is 3. The van der Waals surface area contributed by atoms with E-state index in [9.17, 15) is 4.79 Å². The fraction of sp³-hybridized carbons (Fsp3) is 0.261. The Balaban J connectivity index is 1.41. The van der Waals surface area contributed by atoms with Gasteiger partial charge in [-0.1, -0.05) is 42.5 Å². The molecular formula is C23H25N3O2. The number of amides is 1. The summed E-state index contributed by atoms with van der Waals surface area (Å²) >= 11 is 0.